The van der Waals surface area contributed by atoms with Gasteiger partial charge in [0, 0.05) is 0 Å². The minimum Gasteiger partial charge on any atom is -0.496 e. The lowest BCUT2D eigenvalue weighted by Gasteiger charge is -2.31. The molecule has 1 atom stereocenters. The monoisotopic (exact) mass is 292 g/mol. The summed E-state index contributed by atoms with van der Waals surface area (Å²) in [6, 6.07) is 7.90. The van der Waals surface area contributed by atoms with Crippen molar-refractivity contribution in [2.45, 2.75) is 59.5 Å². The number of rotatable bonds is 8. The Kier molecular flexibility index (Phi) is 6.73. The van der Waals surface area contributed by atoms with E-state index in [2.05, 4.69) is 13.8 Å². The van der Waals surface area contributed by atoms with E-state index < -0.39 is 5.41 Å². The summed E-state index contributed by atoms with van der Waals surface area (Å²) >= 11 is 0. The molecule has 1 rings (SSSR count). The van der Waals surface area contributed by atoms with Crippen molar-refractivity contribution >= 4 is 5.97 Å². The van der Waals surface area contributed by atoms with Crippen LogP contribution in [0.25, 0.3) is 0 Å². The molecule has 0 spiro atoms. The van der Waals surface area contributed by atoms with Gasteiger partial charge in [-0.25, -0.2) is 0 Å². The van der Waals surface area contributed by atoms with Crippen LogP contribution in [0.1, 0.15) is 52.5 Å². The molecule has 3 heteroatoms. The molecule has 0 aliphatic heterocycles. The first kappa shape index (κ1) is 17.5. The summed E-state index contributed by atoms with van der Waals surface area (Å²) < 4.78 is 10.9. The summed E-state index contributed by atoms with van der Waals surface area (Å²) in [6.07, 6.45) is 3.12. The third-order valence-corrected chi connectivity index (χ3v) is 3.90. The van der Waals surface area contributed by atoms with Crippen LogP contribution < -0.4 is 4.74 Å². The van der Waals surface area contributed by atoms with Gasteiger partial charge in [0.25, 0.3) is 0 Å². The van der Waals surface area contributed by atoms with E-state index in [1.54, 1.807) is 7.11 Å². The van der Waals surface area contributed by atoms with Gasteiger partial charge >= 0.3 is 5.97 Å². The Hall–Kier alpha value is -1.51. The second-order valence-corrected chi connectivity index (χ2v) is 5.83. The van der Waals surface area contributed by atoms with Gasteiger partial charge in [-0.1, -0.05) is 38.5 Å². The molecule has 0 aliphatic rings. The van der Waals surface area contributed by atoms with Crippen LogP contribution in [0.2, 0.25) is 0 Å². The highest BCUT2D eigenvalue weighted by atomic mass is 16.5. The highest BCUT2D eigenvalue weighted by Crippen LogP contribution is 2.37. The fourth-order valence-corrected chi connectivity index (χ4v) is 2.74. The summed E-state index contributed by atoms with van der Waals surface area (Å²) in [5.74, 6) is 0.747. The standard InChI is InChI=1S/C18H28O3/c1-6-12-18(7-2,17(19)21-14(3)4)13-15-10-8-9-11-16(15)20-5/h8-11,14H,6-7,12-13H2,1-5H3. The van der Waals surface area contributed by atoms with Crippen LogP contribution >= 0.6 is 0 Å². The van der Waals surface area contributed by atoms with Gasteiger partial charge in [0.05, 0.1) is 18.6 Å². The molecule has 0 aliphatic carbocycles. The Balaban J connectivity index is 3.09. The van der Waals surface area contributed by atoms with Gasteiger partial charge in [-0.15, -0.1) is 0 Å². The van der Waals surface area contributed by atoms with E-state index in [1.165, 1.54) is 0 Å². The largest absolute Gasteiger partial charge is 0.496 e. The predicted molar refractivity (Wildman–Crippen MR) is 85.6 cm³/mol. The molecule has 0 radical (unpaired) electrons. The number of hydrogen-bond donors (Lipinski definition) is 0. The molecule has 0 bridgehead atoms. The lowest BCUT2D eigenvalue weighted by Crippen LogP contribution is -2.36. The number of hydrogen-bond acceptors (Lipinski definition) is 3. The molecule has 0 heterocycles. The van der Waals surface area contributed by atoms with Crippen LogP contribution in [-0.2, 0) is 16.0 Å². The third kappa shape index (κ3) is 4.48. The molecule has 3 nitrogen and oxygen atoms in total. The molecular weight excluding hydrogens is 264 g/mol. The fourth-order valence-electron chi connectivity index (χ4n) is 2.74. The molecule has 0 saturated heterocycles. The number of carbonyl (C=O) groups is 1. The second kappa shape index (κ2) is 8.06. The van der Waals surface area contributed by atoms with Crippen molar-refractivity contribution in [3.8, 4) is 5.75 Å². The Morgan fingerprint density at radius 1 is 1.24 bits per heavy atom. The topological polar surface area (TPSA) is 35.5 Å². The van der Waals surface area contributed by atoms with Crippen LogP contribution in [0.4, 0.5) is 0 Å². The lowest BCUT2D eigenvalue weighted by atomic mass is 9.75. The van der Waals surface area contributed by atoms with Crippen LogP contribution in [0, 0.1) is 5.41 Å². The van der Waals surface area contributed by atoms with Crippen molar-refractivity contribution in [1.29, 1.82) is 0 Å². The third-order valence-electron chi connectivity index (χ3n) is 3.90. The van der Waals surface area contributed by atoms with Gasteiger partial charge in [0.2, 0.25) is 0 Å². The maximum atomic E-state index is 12.6. The quantitative estimate of drug-likeness (QED) is 0.667. The van der Waals surface area contributed by atoms with Gasteiger partial charge in [-0.3, -0.25) is 4.79 Å². The van der Waals surface area contributed by atoms with E-state index in [0.717, 1.165) is 30.6 Å². The molecule has 0 aromatic heterocycles. The summed E-state index contributed by atoms with van der Waals surface area (Å²) in [6.45, 7) is 7.96. The van der Waals surface area contributed by atoms with Crippen molar-refractivity contribution in [3.05, 3.63) is 29.8 Å². The van der Waals surface area contributed by atoms with Crippen LogP contribution in [0.3, 0.4) is 0 Å². The highest BCUT2D eigenvalue weighted by Gasteiger charge is 2.38. The molecular formula is C18H28O3. The number of benzene rings is 1. The Bertz CT molecular complexity index is 454. The van der Waals surface area contributed by atoms with Crippen LogP contribution in [0.5, 0.6) is 5.75 Å². The first-order valence-electron chi connectivity index (χ1n) is 7.82. The maximum absolute atomic E-state index is 12.6. The minimum atomic E-state index is -0.465. The van der Waals surface area contributed by atoms with Gasteiger partial charge in [0.15, 0.2) is 0 Å². The van der Waals surface area contributed by atoms with Crippen molar-refractivity contribution in [1.82, 2.24) is 0 Å². The molecule has 118 valence electrons. The number of carbonyl (C=O) groups excluding carboxylic acids is 1. The van der Waals surface area contributed by atoms with E-state index in [9.17, 15) is 4.79 Å². The first-order chi connectivity index (χ1) is 9.99. The molecule has 0 fully saturated rings. The summed E-state index contributed by atoms with van der Waals surface area (Å²) in [7, 11) is 1.67. The predicted octanol–water partition coefficient (Wildman–Crippen LogP) is 4.39. The Morgan fingerprint density at radius 3 is 2.43 bits per heavy atom. The molecule has 1 aromatic carbocycles. The second-order valence-electron chi connectivity index (χ2n) is 5.83. The molecule has 1 unspecified atom stereocenters. The number of methoxy groups -OCH3 is 1. The Morgan fingerprint density at radius 2 is 1.90 bits per heavy atom. The molecule has 0 amide bonds. The van der Waals surface area contributed by atoms with Crippen molar-refractivity contribution in [2.75, 3.05) is 7.11 Å². The molecule has 0 saturated carbocycles. The van der Waals surface area contributed by atoms with Gasteiger partial charge in [-0.2, -0.15) is 0 Å². The molecule has 1 aromatic rings. The van der Waals surface area contributed by atoms with Crippen LogP contribution in [0.15, 0.2) is 24.3 Å². The van der Waals surface area contributed by atoms with Gasteiger partial charge in [-0.05, 0) is 44.7 Å². The normalized spacial score (nSPS) is 13.8. The van der Waals surface area contributed by atoms with Crippen LogP contribution in [-0.4, -0.2) is 19.2 Å². The van der Waals surface area contributed by atoms with Gasteiger partial charge < -0.3 is 9.47 Å². The average Bonchev–Trinajstić information content (AvgIpc) is 2.46. The van der Waals surface area contributed by atoms with E-state index in [1.807, 2.05) is 38.1 Å². The molecule has 21 heavy (non-hydrogen) atoms. The zero-order valence-electron chi connectivity index (χ0n) is 13.9. The number of para-hydroxylation sites is 1. The minimum absolute atomic E-state index is 0.0852. The Labute approximate surface area is 128 Å². The van der Waals surface area contributed by atoms with Crippen molar-refractivity contribution in [2.24, 2.45) is 5.41 Å². The molecule has 0 N–H and O–H groups in total. The lowest BCUT2D eigenvalue weighted by molar-refractivity contribution is -0.160. The summed E-state index contributed by atoms with van der Waals surface area (Å²) in [4.78, 5) is 12.6. The zero-order chi connectivity index (χ0) is 15.9. The van der Waals surface area contributed by atoms with E-state index in [-0.39, 0.29) is 12.1 Å². The first-order valence-corrected chi connectivity index (χ1v) is 7.82. The van der Waals surface area contributed by atoms with Gasteiger partial charge in [0.1, 0.15) is 5.75 Å². The average molecular weight is 292 g/mol. The summed E-state index contributed by atoms with van der Waals surface area (Å²) in [5.41, 5.74) is 0.601. The fraction of sp³-hybridized carbons (Fsp3) is 0.611. The highest BCUT2D eigenvalue weighted by molar-refractivity contribution is 5.77. The van der Waals surface area contributed by atoms with Crippen molar-refractivity contribution < 1.29 is 14.3 Å². The maximum Gasteiger partial charge on any atom is 0.312 e. The smallest absolute Gasteiger partial charge is 0.312 e. The number of esters is 1. The van der Waals surface area contributed by atoms with E-state index in [4.69, 9.17) is 9.47 Å². The van der Waals surface area contributed by atoms with E-state index >= 15 is 0 Å². The van der Waals surface area contributed by atoms with E-state index in [0.29, 0.717) is 6.42 Å². The zero-order valence-corrected chi connectivity index (χ0v) is 13.9. The summed E-state index contributed by atoms with van der Waals surface area (Å²) in [5, 5.41) is 0. The SMILES string of the molecule is CCCC(CC)(Cc1ccccc1OC)C(=O)OC(C)C. The number of ether oxygens (including phenoxy) is 2. The van der Waals surface area contributed by atoms with Crippen molar-refractivity contribution in [3.63, 3.8) is 0 Å².